The molecule has 2 atom stereocenters. The summed E-state index contributed by atoms with van der Waals surface area (Å²) in [4.78, 5) is 29.3. The van der Waals surface area contributed by atoms with Crippen LogP contribution < -0.4 is 21.7 Å². The number of amides is 2. The molecule has 11 heteroatoms. The van der Waals surface area contributed by atoms with Gasteiger partial charge in [0, 0.05) is 19.2 Å². The van der Waals surface area contributed by atoms with Crippen LogP contribution in [0.4, 0.5) is 4.39 Å². The Hall–Kier alpha value is -2.66. The lowest BCUT2D eigenvalue weighted by molar-refractivity contribution is -0.123. The van der Waals surface area contributed by atoms with Crippen molar-refractivity contribution < 1.29 is 24.0 Å². The Morgan fingerprint density at radius 1 is 1.26 bits per heavy atom. The number of aryl methyl sites for hydroxylation is 1. The van der Waals surface area contributed by atoms with Crippen molar-refractivity contribution >= 4 is 24.9 Å². The van der Waals surface area contributed by atoms with Crippen LogP contribution in [0.25, 0.3) is 0 Å². The third-order valence-corrected chi connectivity index (χ3v) is 4.67. The zero-order valence-corrected chi connectivity index (χ0v) is 18.5. The molecule has 0 aromatic heterocycles. The van der Waals surface area contributed by atoms with E-state index in [-0.39, 0.29) is 23.9 Å². The minimum absolute atomic E-state index is 0.114. The molecule has 0 aliphatic rings. The number of guanidine groups is 1. The van der Waals surface area contributed by atoms with Crippen LogP contribution in [0.2, 0.25) is 0 Å². The van der Waals surface area contributed by atoms with Gasteiger partial charge in [0.25, 0.3) is 5.91 Å². The minimum atomic E-state index is -1.73. The topological polar surface area (TPSA) is 149 Å². The highest BCUT2D eigenvalue weighted by atomic mass is 19.1. The number of carbonyl (C=O) groups excluding carboxylic acids is 2. The number of nitrogens with two attached hydrogens (primary N) is 1. The van der Waals surface area contributed by atoms with Crippen LogP contribution in [-0.2, 0) is 4.79 Å². The van der Waals surface area contributed by atoms with E-state index in [1.165, 1.54) is 18.2 Å². The summed E-state index contributed by atoms with van der Waals surface area (Å²) in [6.07, 6.45) is 1.09. The zero-order valence-electron chi connectivity index (χ0n) is 18.5. The van der Waals surface area contributed by atoms with Crippen molar-refractivity contribution in [1.82, 2.24) is 16.0 Å². The minimum Gasteiger partial charge on any atom is -0.426 e. The van der Waals surface area contributed by atoms with Crippen molar-refractivity contribution in [2.45, 2.75) is 52.0 Å². The van der Waals surface area contributed by atoms with Gasteiger partial charge in [0.15, 0.2) is 5.96 Å². The summed E-state index contributed by atoms with van der Waals surface area (Å²) < 4.78 is 13.5. The number of hydrogen-bond donors (Lipinski definition) is 6. The summed E-state index contributed by atoms with van der Waals surface area (Å²) in [6, 6.07) is 2.99. The van der Waals surface area contributed by atoms with Gasteiger partial charge in [-0.05, 0) is 55.9 Å². The number of benzene rings is 1. The molecule has 0 aliphatic heterocycles. The van der Waals surface area contributed by atoms with Gasteiger partial charge in [0.2, 0.25) is 5.91 Å². The second-order valence-electron chi connectivity index (χ2n) is 7.83. The second kappa shape index (κ2) is 12.9. The number of halogens is 1. The van der Waals surface area contributed by atoms with Gasteiger partial charge in [-0.25, -0.2) is 4.39 Å². The molecular weight excluding hydrogens is 404 g/mol. The molecule has 2 amide bonds. The van der Waals surface area contributed by atoms with Crippen molar-refractivity contribution in [3.8, 4) is 0 Å². The highest BCUT2D eigenvalue weighted by Crippen LogP contribution is 2.11. The third-order valence-electron chi connectivity index (χ3n) is 4.67. The number of nitrogens with zero attached hydrogens (tertiary/aromatic N) is 1. The van der Waals surface area contributed by atoms with Gasteiger partial charge >= 0.3 is 7.12 Å². The van der Waals surface area contributed by atoms with E-state index in [0.29, 0.717) is 24.9 Å². The summed E-state index contributed by atoms with van der Waals surface area (Å²) in [7, 11) is -0.192. The molecule has 9 nitrogen and oxygen atoms in total. The lowest BCUT2D eigenvalue weighted by atomic mass is 9.75. The van der Waals surface area contributed by atoms with E-state index in [1.54, 1.807) is 14.0 Å². The van der Waals surface area contributed by atoms with Crippen LogP contribution in [-0.4, -0.2) is 60.5 Å². The molecule has 7 N–H and O–H groups in total. The van der Waals surface area contributed by atoms with Crippen molar-refractivity contribution in [3.63, 3.8) is 0 Å². The van der Waals surface area contributed by atoms with E-state index < -0.39 is 36.7 Å². The molecule has 0 heterocycles. The van der Waals surface area contributed by atoms with Crippen LogP contribution >= 0.6 is 0 Å². The third kappa shape index (κ3) is 9.35. The summed E-state index contributed by atoms with van der Waals surface area (Å²) in [5.74, 6) is -2.00. The maximum Gasteiger partial charge on any atom is 0.475 e. The Bertz CT molecular complexity index is 776. The highest BCUT2D eigenvalue weighted by molar-refractivity contribution is 6.43. The Kier molecular flexibility index (Phi) is 11.0. The van der Waals surface area contributed by atoms with Gasteiger partial charge in [-0.15, -0.1) is 0 Å². The monoisotopic (exact) mass is 437 g/mol. The average molecular weight is 437 g/mol. The van der Waals surface area contributed by atoms with E-state index in [1.807, 2.05) is 13.8 Å². The maximum absolute atomic E-state index is 13.5. The molecule has 31 heavy (non-hydrogen) atoms. The molecule has 0 unspecified atom stereocenters. The smallest absolute Gasteiger partial charge is 0.426 e. The second-order valence-corrected chi connectivity index (χ2v) is 7.83. The molecule has 0 fully saturated rings. The number of nitrogens with one attached hydrogen (secondary N) is 3. The summed E-state index contributed by atoms with van der Waals surface area (Å²) >= 11 is 0. The largest absolute Gasteiger partial charge is 0.475 e. The molecule has 1 aromatic rings. The van der Waals surface area contributed by atoms with Crippen molar-refractivity contribution in [2.24, 2.45) is 16.6 Å². The van der Waals surface area contributed by atoms with Crippen LogP contribution in [0, 0.1) is 18.7 Å². The Balaban J connectivity index is 2.91. The van der Waals surface area contributed by atoms with Gasteiger partial charge in [-0.2, -0.15) is 0 Å². The number of carbonyl (C=O) groups is 2. The maximum atomic E-state index is 13.5. The first kappa shape index (κ1) is 26.4. The number of hydrogen-bond acceptors (Lipinski definition) is 5. The van der Waals surface area contributed by atoms with E-state index in [0.717, 1.165) is 0 Å². The Labute approximate surface area is 182 Å². The van der Waals surface area contributed by atoms with Crippen LogP contribution in [0.15, 0.2) is 23.2 Å². The molecule has 0 radical (unpaired) electrons. The number of aliphatic imine (C=N–C) groups is 1. The summed E-state index contributed by atoms with van der Waals surface area (Å²) in [5, 5.41) is 27.3. The first-order valence-corrected chi connectivity index (χ1v) is 10.2. The highest BCUT2D eigenvalue weighted by Gasteiger charge is 2.30. The predicted octanol–water partition coefficient (Wildman–Crippen LogP) is 0.0897. The molecule has 172 valence electrons. The summed E-state index contributed by atoms with van der Waals surface area (Å²) in [6.45, 7) is 5.75. The Morgan fingerprint density at radius 2 is 1.94 bits per heavy atom. The van der Waals surface area contributed by atoms with E-state index in [4.69, 9.17) is 5.73 Å². The molecule has 0 aliphatic carbocycles. The molecule has 0 saturated heterocycles. The Morgan fingerprint density at radius 3 is 2.48 bits per heavy atom. The van der Waals surface area contributed by atoms with Gasteiger partial charge in [-0.3, -0.25) is 14.6 Å². The normalized spacial score (nSPS) is 13.5. The first-order valence-electron chi connectivity index (χ1n) is 10.2. The SMILES string of the molecule is CN=C(N)NCCC[C@H](NC(=O)c1ccc(F)c(C)c1)C(=O)N[C@@H](CC(C)C)B(O)O. The lowest BCUT2D eigenvalue weighted by Crippen LogP contribution is -2.54. The standard InChI is InChI=1S/C20H33BFN5O4/c1-12(2)10-17(21(30)31)27-19(29)16(6-5-9-25-20(23)24-4)26-18(28)14-7-8-15(22)13(3)11-14/h7-8,11-12,16-17,30-31H,5-6,9-10H2,1-4H3,(H,26,28)(H,27,29)(H3,23,24,25)/t16-,17-/m0/s1. The van der Waals surface area contributed by atoms with Crippen molar-refractivity contribution in [1.29, 1.82) is 0 Å². The van der Waals surface area contributed by atoms with Crippen molar-refractivity contribution in [2.75, 3.05) is 13.6 Å². The molecule has 0 spiro atoms. The van der Waals surface area contributed by atoms with Gasteiger partial charge in [0.05, 0.1) is 5.94 Å². The van der Waals surface area contributed by atoms with E-state index in [9.17, 15) is 24.0 Å². The predicted molar refractivity (Wildman–Crippen MR) is 119 cm³/mol. The van der Waals surface area contributed by atoms with Crippen LogP contribution in [0.3, 0.4) is 0 Å². The first-order chi connectivity index (χ1) is 14.5. The molecule has 1 aromatic carbocycles. The van der Waals surface area contributed by atoms with E-state index >= 15 is 0 Å². The van der Waals surface area contributed by atoms with Gasteiger partial charge in [0.1, 0.15) is 11.9 Å². The lowest BCUT2D eigenvalue weighted by Gasteiger charge is -2.24. The van der Waals surface area contributed by atoms with Crippen LogP contribution in [0.5, 0.6) is 0 Å². The van der Waals surface area contributed by atoms with E-state index in [2.05, 4.69) is 20.9 Å². The molecule has 0 saturated carbocycles. The quantitative estimate of drug-likeness (QED) is 0.125. The summed E-state index contributed by atoms with van der Waals surface area (Å²) in [5.41, 5.74) is 6.11. The fraction of sp³-hybridized carbons (Fsp3) is 0.550. The zero-order chi connectivity index (χ0) is 23.6. The average Bonchev–Trinajstić information content (AvgIpc) is 2.70. The number of rotatable bonds is 11. The van der Waals surface area contributed by atoms with Gasteiger partial charge in [-0.1, -0.05) is 13.8 Å². The fourth-order valence-electron chi connectivity index (χ4n) is 2.94. The molecule has 1 rings (SSSR count). The van der Waals surface area contributed by atoms with Crippen LogP contribution in [0.1, 0.15) is 49.0 Å². The molecule has 0 bridgehead atoms. The molecular formula is C20H33BFN5O4. The van der Waals surface area contributed by atoms with Gasteiger partial charge < -0.3 is 31.7 Å². The fourth-order valence-corrected chi connectivity index (χ4v) is 2.94. The van der Waals surface area contributed by atoms with Crippen molar-refractivity contribution in [3.05, 3.63) is 35.1 Å².